The molecule has 0 amide bonds. The molecule has 2 aromatic rings. The highest BCUT2D eigenvalue weighted by atomic mass is 16.3. The van der Waals surface area contributed by atoms with E-state index in [0.717, 1.165) is 29.6 Å². The van der Waals surface area contributed by atoms with Crippen LogP contribution in [0.4, 0.5) is 5.82 Å². The van der Waals surface area contributed by atoms with Crippen molar-refractivity contribution < 1.29 is 4.42 Å². The van der Waals surface area contributed by atoms with Crippen LogP contribution in [0.15, 0.2) is 29.0 Å². The SMILES string of the molecule is NC1CC(Nc2nccc3occc23)C1. The Labute approximate surface area is 87.5 Å². The molecule has 0 atom stereocenters. The summed E-state index contributed by atoms with van der Waals surface area (Å²) < 4.78 is 5.31. The van der Waals surface area contributed by atoms with Crippen LogP contribution in [-0.2, 0) is 0 Å². The molecule has 1 aliphatic carbocycles. The largest absolute Gasteiger partial charge is 0.464 e. The van der Waals surface area contributed by atoms with Crippen LogP contribution in [0.1, 0.15) is 12.8 Å². The first kappa shape index (κ1) is 8.73. The first-order chi connectivity index (χ1) is 7.33. The first-order valence-corrected chi connectivity index (χ1v) is 5.17. The van der Waals surface area contributed by atoms with Crippen molar-refractivity contribution in [2.45, 2.75) is 24.9 Å². The summed E-state index contributed by atoms with van der Waals surface area (Å²) >= 11 is 0. The predicted molar refractivity (Wildman–Crippen MR) is 58.6 cm³/mol. The van der Waals surface area contributed by atoms with E-state index in [2.05, 4.69) is 10.3 Å². The second kappa shape index (κ2) is 3.24. The van der Waals surface area contributed by atoms with Crippen molar-refractivity contribution in [3.8, 4) is 0 Å². The van der Waals surface area contributed by atoms with Crippen molar-refractivity contribution in [1.82, 2.24) is 4.98 Å². The molecule has 0 spiro atoms. The van der Waals surface area contributed by atoms with Gasteiger partial charge in [-0.05, 0) is 25.0 Å². The second-order valence-corrected chi connectivity index (χ2v) is 4.06. The minimum Gasteiger partial charge on any atom is -0.464 e. The van der Waals surface area contributed by atoms with Gasteiger partial charge < -0.3 is 15.5 Å². The summed E-state index contributed by atoms with van der Waals surface area (Å²) in [6.07, 6.45) is 5.49. The average molecular weight is 203 g/mol. The number of hydrogen-bond donors (Lipinski definition) is 2. The first-order valence-electron chi connectivity index (χ1n) is 5.17. The number of nitrogens with two attached hydrogens (primary N) is 1. The molecule has 3 N–H and O–H groups in total. The quantitative estimate of drug-likeness (QED) is 0.780. The number of anilines is 1. The summed E-state index contributed by atoms with van der Waals surface area (Å²) in [5.74, 6) is 0.901. The van der Waals surface area contributed by atoms with E-state index in [9.17, 15) is 0 Å². The summed E-state index contributed by atoms with van der Waals surface area (Å²) in [6.45, 7) is 0. The van der Waals surface area contributed by atoms with E-state index in [0.29, 0.717) is 12.1 Å². The molecule has 0 saturated heterocycles. The number of nitrogens with zero attached hydrogens (tertiary/aromatic N) is 1. The van der Waals surface area contributed by atoms with E-state index in [-0.39, 0.29) is 0 Å². The molecular formula is C11H13N3O. The summed E-state index contributed by atoms with van der Waals surface area (Å²) in [4.78, 5) is 4.31. The maximum Gasteiger partial charge on any atom is 0.139 e. The van der Waals surface area contributed by atoms with Gasteiger partial charge in [0.15, 0.2) is 0 Å². The molecule has 0 aromatic carbocycles. The number of fused-ring (bicyclic) bond motifs is 1. The molecule has 78 valence electrons. The maximum atomic E-state index is 5.74. The van der Waals surface area contributed by atoms with Gasteiger partial charge in [-0.1, -0.05) is 0 Å². The van der Waals surface area contributed by atoms with Gasteiger partial charge in [-0.25, -0.2) is 4.98 Å². The lowest BCUT2D eigenvalue weighted by Crippen LogP contribution is -2.44. The fraction of sp³-hybridized carbons (Fsp3) is 0.364. The topological polar surface area (TPSA) is 64.1 Å². The van der Waals surface area contributed by atoms with Crippen LogP contribution in [0.25, 0.3) is 11.0 Å². The average Bonchev–Trinajstić information content (AvgIpc) is 2.64. The zero-order valence-corrected chi connectivity index (χ0v) is 8.31. The summed E-state index contributed by atoms with van der Waals surface area (Å²) in [7, 11) is 0. The van der Waals surface area contributed by atoms with Crippen LogP contribution in [0.2, 0.25) is 0 Å². The van der Waals surface area contributed by atoms with Crippen LogP contribution in [0.3, 0.4) is 0 Å². The summed E-state index contributed by atoms with van der Waals surface area (Å²) in [5.41, 5.74) is 6.61. The smallest absolute Gasteiger partial charge is 0.139 e. The Hall–Kier alpha value is -1.55. The Bertz CT molecular complexity index is 473. The van der Waals surface area contributed by atoms with Crippen molar-refractivity contribution in [1.29, 1.82) is 0 Å². The van der Waals surface area contributed by atoms with E-state index >= 15 is 0 Å². The molecule has 1 saturated carbocycles. The van der Waals surface area contributed by atoms with Gasteiger partial charge >= 0.3 is 0 Å². The second-order valence-electron chi connectivity index (χ2n) is 4.06. The molecule has 1 fully saturated rings. The van der Waals surface area contributed by atoms with Crippen LogP contribution in [0, 0.1) is 0 Å². The van der Waals surface area contributed by atoms with Crippen LogP contribution in [0.5, 0.6) is 0 Å². The lowest BCUT2D eigenvalue weighted by Gasteiger charge is -2.33. The molecule has 0 unspecified atom stereocenters. The van der Waals surface area contributed by atoms with Crippen molar-refractivity contribution in [3.05, 3.63) is 24.6 Å². The van der Waals surface area contributed by atoms with Crippen molar-refractivity contribution in [3.63, 3.8) is 0 Å². The Kier molecular flexibility index (Phi) is 1.89. The highest BCUT2D eigenvalue weighted by molar-refractivity contribution is 5.87. The monoisotopic (exact) mass is 203 g/mol. The van der Waals surface area contributed by atoms with Gasteiger partial charge in [0.25, 0.3) is 0 Å². The molecule has 0 bridgehead atoms. The lowest BCUT2D eigenvalue weighted by molar-refractivity contribution is 0.373. The number of hydrogen-bond acceptors (Lipinski definition) is 4. The third-order valence-corrected chi connectivity index (χ3v) is 2.90. The van der Waals surface area contributed by atoms with Gasteiger partial charge in [-0.2, -0.15) is 0 Å². The third kappa shape index (κ3) is 1.47. The van der Waals surface area contributed by atoms with Gasteiger partial charge in [-0.3, -0.25) is 0 Å². The molecule has 15 heavy (non-hydrogen) atoms. The van der Waals surface area contributed by atoms with Gasteiger partial charge in [0.05, 0.1) is 11.6 Å². The number of rotatable bonds is 2. The van der Waals surface area contributed by atoms with Gasteiger partial charge in [0.1, 0.15) is 11.4 Å². The standard InChI is InChI=1S/C11H13N3O/c12-7-5-8(6-7)14-11-9-2-4-15-10(9)1-3-13-11/h1-4,7-8H,5-6,12H2,(H,13,14). The number of furan rings is 1. The normalized spacial score (nSPS) is 25.1. The fourth-order valence-electron chi connectivity index (χ4n) is 1.98. The number of nitrogens with one attached hydrogen (secondary N) is 1. The molecule has 2 heterocycles. The van der Waals surface area contributed by atoms with Gasteiger partial charge in [0, 0.05) is 18.3 Å². The highest BCUT2D eigenvalue weighted by Crippen LogP contribution is 2.26. The van der Waals surface area contributed by atoms with Gasteiger partial charge in [-0.15, -0.1) is 0 Å². The van der Waals surface area contributed by atoms with Crippen molar-refractivity contribution in [2.24, 2.45) is 5.73 Å². The van der Waals surface area contributed by atoms with E-state index in [1.807, 2.05) is 12.1 Å². The Morgan fingerprint density at radius 2 is 2.27 bits per heavy atom. The Morgan fingerprint density at radius 3 is 3.07 bits per heavy atom. The fourth-order valence-corrected chi connectivity index (χ4v) is 1.98. The molecule has 0 radical (unpaired) electrons. The van der Waals surface area contributed by atoms with Crippen molar-refractivity contribution in [2.75, 3.05) is 5.32 Å². The maximum absolute atomic E-state index is 5.74. The molecule has 1 aliphatic rings. The zero-order valence-electron chi connectivity index (χ0n) is 8.31. The van der Waals surface area contributed by atoms with E-state index in [4.69, 9.17) is 10.2 Å². The number of pyridine rings is 1. The van der Waals surface area contributed by atoms with Crippen LogP contribution < -0.4 is 11.1 Å². The van der Waals surface area contributed by atoms with E-state index in [1.165, 1.54) is 0 Å². The molecule has 2 aromatic heterocycles. The minimum absolute atomic E-state index is 0.353. The highest BCUT2D eigenvalue weighted by Gasteiger charge is 2.26. The Balaban J connectivity index is 1.87. The molecule has 0 aliphatic heterocycles. The van der Waals surface area contributed by atoms with E-state index < -0.39 is 0 Å². The van der Waals surface area contributed by atoms with Crippen molar-refractivity contribution >= 4 is 16.8 Å². The lowest BCUT2D eigenvalue weighted by atomic mass is 9.87. The Morgan fingerprint density at radius 1 is 1.40 bits per heavy atom. The minimum atomic E-state index is 0.353. The van der Waals surface area contributed by atoms with E-state index in [1.54, 1.807) is 12.5 Å². The molecule has 4 nitrogen and oxygen atoms in total. The molecule has 4 heteroatoms. The molecular weight excluding hydrogens is 190 g/mol. The predicted octanol–water partition coefficient (Wildman–Crippen LogP) is 1.73. The number of aromatic nitrogens is 1. The summed E-state index contributed by atoms with van der Waals surface area (Å²) in [6, 6.07) is 4.62. The zero-order chi connectivity index (χ0) is 10.3. The van der Waals surface area contributed by atoms with Crippen LogP contribution in [-0.4, -0.2) is 17.1 Å². The molecule has 3 rings (SSSR count). The van der Waals surface area contributed by atoms with Gasteiger partial charge in [0.2, 0.25) is 0 Å². The van der Waals surface area contributed by atoms with Crippen LogP contribution >= 0.6 is 0 Å². The third-order valence-electron chi connectivity index (χ3n) is 2.90. The summed E-state index contributed by atoms with van der Waals surface area (Å²) in [5, 5.41) is 4.43.